The normalized spacial score (nSPS) is 25.8. The molecule has 1 atom stereocenters. The Morgan fingerprint density at radius 2 is 2.56 bits per heavy atom. The summed E-state index contributed by atoms with van der Waals surface area (Å²) in [6.45, 7) is 1.78. The molecule has 0 aromatic carbocycles. The quantitative estimate of drug-likeness (QED) is 0.498. The van der Waals surface area contributed by atoms with Gasteiger partial charge in [-0.3, -0.25) is 0 Å². The maximum absolute atomic E-state index is 12.1. The molecule has 1 unspecified atom stereocenters. The van der Waals surface area contributed by atoms with Crippen molar-refractivity contribution in [3.8, 4) is 0 Å². The molecule has 1 aliphatic heterocycles. The average molecular weight is 130 g/mol. The number of hydrogen-bond acceptors (Lipinski definition) is 2. The molecule has 0 spiro atoms. The van der Waals surface area contributed by atoms with Crippen molar-refractivity contribution in [2.45, 2.75) is 19.7 Å². The summed E-state index contributed by atoms with van der Waals surface area (Å²) in [5, 5.41) is 0. The van der Waals surface area contributed by atoms with Crippen molar-refractivity contribution in [2.75, 3.05) is 0 Å². The van der Waals surface area contributed by atoms with Crippen molar-refractivity contribution in [2.24, 2.45) is 0 Å². The van der Waals surface area contributed by atoms with Gasteiger partial charge < -0.3 is 4.74 Å². The van der Waals surface area contributed by atoms with Crippen molar-refractivity contribution in [3.05, 3.63) is 11.6 Å². The molecule has 0 saturated carbocycles. The van der Waals surface area contributed by atoms with E-state index >= 15 is 0 Å². The molecule has 9 heavy (non-hydrogen) atoms. The molecule has 0 N–H and O–H groups in total. The van der Waals surface area contributed by atoms with Gasteiger partial charge >= 0.3 is 5.97 Å². The summed E-state index contributed by atoms with van der Waals surface area (Å²) >= 11 is 0. The topological polar surface area (TPSA) is 26.3 Å². The Labute approximate surface area is 52.3 Å². The monoisotopic (exact) mass is 130 g/mol. The lowest BCUT2D eigenvalue weighted by atomic mass is 10.2. The second-order valence-corrected chi connectivity index (χ2v) is 1.80. The van der Waals surface area contributed by atoms with Gasteiger partial charge in [0.1, 0.15) is 0 Å². The van der Waals surface area contributed by atoms with Crippen molar-refractivity contribution in [1.82, 2.24) is 0 Å². The predicted octanol–water partition coefficient (Wildman–Crippen LogP) is 1.18. The standard InChI is InChI=1S/C6H7FO2/c1-2-4-3-5(7)9-6(4)8/h3,5H,2H2,1H3. The molecular formula is C6H7FO2. The number of alkyl halides is 1. The van der Waals surface area contributed by atoms with Crippen LogP contribution in [0, 0.1) is 0 Å². The average Bonchev–Trinajstić information content (AvgIpc) is 2.10. The van der Waals surface area contributed by atoms with Crippen molar-refractivity contribution in [1.29, 1.82) is 0 Å². The van der Waals surface area contributed by atoms with E-state index < -0.39 is 12.3 Å². The van der Waals surface area contributed by atoms with Gasteiger partial charge in [0, 0.05) is 5.57 Å². The lowest BCUT2D eigenvalue weighted by Gasteiger charge is -1.93. The molecule has 0 bridgehead atoms. The summed E-state index contributed by atoms with van der Waals surface area (Å²) in [4.78, 5) is 10.5. The molecule has 0 aromatic heterocycles. The van der Waals surface area contributed by atoms with Crippen LogP contribution < -0.4 is 0 Å². The van der Waals surface area contributed by atoms with Crippen LogP contribution in [0.4, 0.5) is 4.39 Å². The highest BCUT2D eigenvalue weighted by molar-refractivity contribution is 5.90. The lowest BCUT2D eigenvalue weighted by molar-refractivity contribution is -0.145. The molecule has 0 amide bonds. The van der Waals surface area contributed by atoms with E-state index in [1.54, 1.807) is 6.92 Å². The minimum atomic E-state index is -1.51. The Hall–Kier alpha value is -0.860. The second kappa shape index (κ2) is 2.17. The number of carbonyl (C=O) groups excluding carboxylic acids is 1. The molecule has 50 valence electrons. The first kappa shape index (κ1) is 6.26. The first-order valence-corrected chi connectivity index (χ1v) is 2.79. The largest absolute Gasteiger partial charge is 0.424 e. The molecule has 0 aliphatic carbocycles. The van der Waals surface area contributed by atoms with Gasteiger partial charge in [-0.2, -0.15) is 4.39 Å². The fourth-order valence-electron chi connectivity index (χ4n) is 0.700. The summed E-state index contributed by atoms with van der Waals surface area (Å²) in [7, 11) is 0. The van der Waals surface area contributed by atoms with E-state index in [0.717, 1.165) is 0 Å². The summed E-state index contributed by atoms with van der Waals surface area (Å²) < 4.78 is 16.3. The van der Waals surface area contributed by atoms with Gasteiger partial charge in [-0.05, 0) is 12.5 Å². The van der Waals surface area contributed by atoms with Gasteiger partial charge in [0.25, 0.3) is 6.36 Å². The summed E-state index contributed by atoms with van der Waals surface area (Å²) in [6.07, 6.45) is 0.231. The number of cyclic esters (lactones) is 1. The smallest absolute Gasteiger partial charge is 0.336 e. The molecule has 0 radical (unpaired) electrons. The Balaban J connectivity index is 2.68. The zero-order valence-corrected chi connectivity index (χ0v) is 5.06. The van der Waals surface area contributed by atoms with Gasteiger partial charge in [0.2, 0.25) is 0 Å². The third-order valence-corrected chi connectivity index (χ3v) is 1.19. The van der Waals surface area contributed by atoms with E-state index in [-0.39, 0.29) is 0 Å². The number of rotatable bonds is 1. The Morgan fingerprint density at radius 1 is 1.89 bits per heavy atom. The summed E-state index contributed by atoms with van der Waals surface area (Å²) in [6, 6.07) is 0. The maximum Gasteiger partial charge on any atom is 0.336 e. The zero-order chi connectivity index (χ0) is 6.85. The summed E-state index contributed by atoms with van der Waals surface area (Å²) in [5.41, 5.74) is 0.433. The molecule has 0 fully saturated rings. The van der Waals surface area contributed by atoms with Crippen LogP contribution >= 0.6 is 0 Å². The van der Waals surface area contributed by atoms with E-state index in [1.165, 1.54) is 6.08 Å². The van der Waals surface area contributed by atoms with Crippen LogP contribution in [0.15, 0.2) is 11.6 Å². The van der Waals surface area contributed by atoms with E-state index in [2.05, 4.69) is 4.74 Å². The van der Waals surface area contributed by atoms with E-state index in [4.69, 9.17) is 0 Å². The highest BCUT2D eigenvalue weighted by Crippen LogP contribution is 2.16. The molecular weight excluding hydrogens is 123 g/mol. The van der Waals surface area contributed by atoms with Crippen molar-refractivity contribution >= 4 is 5.97 Å². The minimum absolute atomic E-state index is 0.433. The van der Waals surface area contributed by atoms with Gasteiger partial charge in [-0.25, -0.2) is 4.79 Å². The van der Waals surface area contributed by atoms with E-state index in [1.807, 2.05) is 0 Å². The molecule has 1 rings (SSSR count). The van der Waals surface area contributed by atoms with Gasteiger partial charge in [-0.1, -0.05) is 6.92 Å². The Morgan fingerprint density at radius 3 is 2.78 bits per heavy atom. The predicted molar refractivity (Wildman–Crippen MR) is 29.4 cm³/mol. The summed E-state index contributed by atoms with van der Waals surface area (Å²) in [5.74, 6) is -0.523. The van der Waals surface area contributed by atoms with Crippen LogP contribution in [0.2, 0.25) is 0 Å². The molecule has 3 heteroatoms. The van der Waals surface area contributed by atoms with Gasteiger partial charge in [-0.15, -0.1) is 0 Å². The maximum atomic E-state index is 12.1. The van der Waals surface area contributed by atoms with Crippen LogP contribution in [0.3, 0.4) is 0 Å². The molecule has 0 saturated heterocycles. The number of hydrogen-bond donors (Lipinski definition) is 0. The fourth-order valence-corrected chi connectivity index (χ4v) is 0.700. The van der Waals surface area contributed by atoms with Gasteiger partial charge in [0.15, 0.2) is 0 Å². The third-order valence-electron chi connectivity index (χ3n) is 1.19. The van der Waals surface area contributed by atoms with Crippen LogP contribution in [-0.2, 0) is 9.53 Å². The molecule has 1 aliphatic rings. The van der Waals surface area contributed by atoms with Crippen LogP contribution in [-0.4, -0.2) is 12.3 Å². The van der Waals surface area contributed by atoms with Crippen molar-refractivity contribution in [3.63, 3.8) is 0 Å². The third kappa shape index (κ3) is 1.09. The highest BCUT2D eigenvalue weighted by Gasteiger charge is 2.22. The number of ether oxygens (including phenoxy) is 1. The Bertz CT molecular complexity index is 162. The number of halogens is 1. The molecule has 2 nitrogen and oxygen atoms in total. The number of carbonyl (C=O) groups is 1. The number of esters is 1. The fraction of sp³-hybridized carbons (Fsp3) is 0.500. The first-order valence-electron chi connectivity index (χ1n) is 2.79. The minimum Gasteiger partial charge on any atom is -0.424 e. The van der Waals surface area contributed by atoms with Crippen molar-refractivity contribution < 1.29 is 13.9 Å². The van der Waals surface area contributed by atoms with Crippen LogP contribution in [0.25, 0.3) is 0 Å². The van der Waals surface area contributed by atoms with E-state index in [0.29, 0.717) is 12.0 Å². The first-order chi connectivity index (χ1) is 4.24. The zero-order valence-electron chi connectivity index (χ0n) is 5.06. The Kier molecular flexibility index (Phi) is 1.51. The molecule has 0 aromatic rings. The van der Waals surface area contributed by atoms with Crippen LogP contribution in [0.1, 0.15) is 13.3 Å². The second-order valence-electron chi connectivity index (χ2n) is 1.80. The van der Waals surface area contributed by atoms with Crippen LogP contribution in [0.5, 0.6) is 0 Å². The van der Waals surface area contributed by atoms with E-state index in [9.17, 15) is 9.18 Å². The SMILES string of the molecule is CCC1=CC(F)OC1=O. The molecule has 1 heterocycles. The van der Waals surface area contributed by atoms with Gasteiger partial charge in [0.05, 0.1) is 0 Å². The lowest BCUT2D eigenvalue weighted by Crippen LogP contribution is -2.01. The highest BCUT2D eigenvalue weighted by atomic mass is 19.1.